The molecule has 4 rings (SSSR count). The van der Waals surface area contributed by atoms with E-state index in [2.05, 4.69) is 20.6 Å². The highest BCUT2D eigenvalue weighted by Gasteiger charge is 2.28. The highest BCUT2D eigenvalue weighted by Crippen LogP contribution is 2.35. The van der Waals surface area contributed by atoms with Crippen LogP contribution in [0.4, 0.5) is 14.6 Å². The van der Waals surface area contributed by atoms with E-state index >= 15 is 0 Å². The summed E-state index contributed by atoms with van der Waals surface area (Å²) in [6.45, 7) is 0.752. The maximum Gasteiger partial charge on any atom is 0.200 e. The van der Waals surface area contributed by atoms with Crippen molar-refractivity contribution in [2.75, 3.05) is 11.4 Å². The molecule has 0 radical (unpaired) electrons. The third-order valence-electron chi connectivity index (χ3n) is 4.17. The van der Waals surface area contributed by atoms with Crippen LogP contribution in [-0.4, -0.2) is 31.8 Å². The minimum Gasteiger partial charge on any atom is -0.348 e. The highest BCUT2D eigenvalue weighted by molar-refractivity contribution is 5.47. The van der Waals surface area contributed by atoms with Gasteiger partial charge in [0.05, 0.1) is 6.04 Å². The first kappa shape index (κ1) is 14.0. The molecule has 3 heterocycles. The van der Waals surface area contributed by atoms with Crippen molar-refractivity contribution in [1.82, 2.24) is 25.3 Å². The average Bonchev–Trinajstić information content (AvgIpc) is 3.02. The number of piperidine rings is 1. The zero-order valence-corrected chi connectivity index (χ0v) is 12.2. The molecule has 3 aromatic rings. The van der Waals surface area contributed by atoms with E-state index in [9.17, 15) is 8.78 Å². The first-order chi connectivity index (χ1) is 11.2. The molecule has 0 saturated carbocycles. The first-order valence-corrected chi connectivity index (χ1v) is 7.49. The molecule has 23 heavy (non-hydrogen) atoms. The molecule has 6 nitrogen and oxygen atoms in total. The van der Waals surface area contributed by atoms with Crippen LogP contribution in [0.1, 0.15) is 30.9 Å². The fraction of sp³-hybridized carbons (Fsp3) is 0.333. The van der Waals surface area contributed by atoms with Crippen LogP contribution in [0.3, 0.4) is 0 Å². The Morgan fingerprint density at radius 2 is 2.00 bits per heavy atom. The van der Waals surface area contributed by atoms with Gasteiger partial charge in [-0.05, 0) is 47.9 Å². The molecular weight excluding hydrogens is 302 g/mol. The summed E-state index contributed by atoms with van der Waals surface area (Å²) in [5, 5.41) is 15.6. The number of tetrazole rings is 1. The largest absolute Gasteiger partial charge is 0.348 e. The van der Waals surface area contributed by atoms with Crippen LogP contribution in [-0.2, 0) is 0 Å². The summed E-state index contributed by atoms with van der Waals surface area (Å²) < 4.78 is 28.7. The van der Waals surface area contributed by atoms with Crippen LogP contribution in [0.2, 0.25) is 0 Å². The number of rotatable bonds is 2. The lowest BCUT2D eigenvalue weighted by molar-refractivity contribution is 0.447. The Morgan fingerprint density at radius 1 is 1.09 bits per heavy atom. The molecule has 8 heteroatoms. The maximum absolute atomic E-state index is 14.2. The number of nitrogens with zero attached hydrogens (tertiary/aromatic N) is 6. The second-order valence-corrected chi connectivity index (χ2v) is 5.59. The van der Waals surface area contributed by atoms with Gasteiger partial charge < -0.3 is 4.90 Å². The van der Waals surface area contributed by atoms with E-state index in [1.54, 1.807) is 6.07 Å². The number of benzene rings is 1. The van der Waals surface area contributed by atoms with Gasteiger partial charge in [0.1, 0.15) is 11.6 Å². The van der Waals surface area contributed by atoms with Gasteiger partial charge in [-0.1, -0.05) is 6.07 Å². The van der Waals surface area contributed by atoms with Crippen molar-refractivity contribution in [2.45, 2.75) is 25.3 Å². The van der Waals surface area contributed by atoms with Crippen LogP contribution < -0.4 is 4.90 Å². The number of anilines is 1. The van der Waals surface area contributed by atoms with Gasteiger partial charge >= 0.3 is 0 Å². The van der Waals surface area contributed by atoms with E-state index in [0.29, 0.717) is 17.0 Å². The molecule has 2 aromatic heterocycles. The van der Waals surface area contributed by atoms with Gasteiger partial charge in [-0.25, -0.2) is 8.78 Å². The zero-order valence-electron chi connectivity index (χ0n) is 12.2. The summed E-state index contributed by atoms with van der Waals surface area (Å²) in [4.78, 5) is 2.03. The third kappa shape index (κ3) is 2.49. The fourth-order valence-corrected chi connectivity index (χ4v) is 3.09. The fourth-order valence-electron chi connectivity index (χ4n) is 3.09. The van der Waals surface area contributed by atoms with Crippen LogP contribution >= 0.6 is 0 Å². The van der Waals surface area contributed by atoms with Gasteiger partial charge in [0, 0.05) is 18.2 Å². The SMILES string of the molecule is Fc1ccc(C2CCCCN2c2ccc3nnnn3n2)c(F)c1. The van der Waals surface area contributed by atoms with E-state index in [1.807, 2.05) is 11.0 Å². The summed E-state index contributed by atoms with van der Waals surface area (Å²) in [5.41, 5.74) is 1.04. The summed E-state index contributed by atoms with van der Waals surface area (Å²) in [5.74, 6) is -0.412. The Bertz CT molecular complexity index is 849. The number of halogens is 2. The highest BCUT2D eigenvalue weighted by atomic mass is 19.1. The number of aromatic nitrogens is 5. The molecule has 0 spiro atoms. The lowest BCUT2D eigenvalue weighted by Crippen LogP contribution is -2.34. The normalized spacial score (nSPS) is 18.5. The predicted octanol–water partition coefficient (Wildman–Crippen LogP) is 2.53. The van der Waals surface area contributed by atoms with Gasteiger partial charge in [-0.15, -0.1) is 14.8 Å². The monoisotopic (exact) mass is 316 g/mol. The van der Waals surface area contributed by atoms with Crippen molar-refractivity contribution >= 4 is 11.5 Å². The standard InChI is InChI=1S/C15H14F2N6/c16-10-4-5-11(12(17)9-10)13-3-1-2-8-22(13)15-7-6-14-18-20-21-23(14)19-15/h4-7,9,13H,1-3,8H2. The van der Waals surface area contributed by atoms with Crippen molar-refractivity contribution in [3.8, 4) is 0 Å². The molecule has 1 unspecified atom stereocenters. The molecule has 1 aromatic carbocycles. The summed E-state index contributed by atoms with van der Waals surface area (Å²) in [6, 6.07) is 7.16. The van der Waals surface area contributed by atoms with Crippen molar-refractivity contribution in [3.63, 3.8) is 0 Å². The van der Waals surface area contributed by atoms with E-state index in [1.165, 1.54) is 16.8 Å². The van der Waals surface area contributed by atoms with Gasteiger partial charge in [0.2, 0.25) is 0 Å². The maximum atomic E-state index is 14.2. The zero-order chi connectivity index (χ0) is 15.8. The smallest absolute Gasteiger partial charge is 0.200 e. The van der Waals surface area contributed by atoms with Crippen molar-refractivity contribution in [3.05, 3.63) is 47.5 Å². The second-order valence-electron chi connectivity index (χ2n) is 5.59. The Morgan fingerprint density at radius 3 is 2.87 bits per heavy atom. The molecule has 1 fully saturated rings. The number of hydrogen-bond donors (Lipinski definition) is 0. The molecule has 1 aliphatic rings. The Balaban J connectivity index is 1.74. The Labute approximate surface area is 130 Å². The molecule has 0 aliphatic carbocycles. The number of fused-ring (bicyclic) bond motifs is 1. The molecular formula is C15H14F2N6. The van der Waals surface area contributed by atoms with Crippen LogP contribution in [0.5, 0.6) is 0 Å². The van der Waals surface area contributed by atoms with E-state index in [0.717, 1.165) is 31.9 Å². The van der Waals surface area contributed by atoms with Crippen LogP contribution in [0, 0.1) is 11.6 Å². The minimum atomic E-state index is -0.568. The number of hydrogen-bond acceptors (Lipinski definition) is 5. The quantitative estimate of drug-likeness (QED) is 0.727. The minimum absolute atomic E-state index is 0.175. The predicted molar refractivity (Wildman–Crippen MR) is 78.9 cm³/mol. The molecule has 0 N–H and O–H groups in total. The summed E-state index contributed by atoms with van der Waals surface area (Å²) in [7, 11) is 0. The van der Waals surface area contributed by atoms with E-state index < -0.39 is 11.6 Å². The Hall–Kier alpha value is -2.64. The van der Waals surface area contributed by atoms with Crippen molar-refractivity contribution in [2.24, 2.45) is 0 Å². The van der Waals surface area contributed by atoms with Gasteiger partial charge in [0.15, 0.2) is 11.5 Å². The van der Waals surface area contributed by atoms with Crippen molar-refractivity contribution < 1.29 is 8.78 Å². The molecule has 1 atom stereocenters. The van der Waals surface area contributed by atoms with Crippen LogP contribution in [0.25, 0.3) is 5.65 Å². The first-order valence-electron chi connectivity index (χ1n) is 7.49. The molecule has 118 valence electrons. The van der Waals surface area contributed by atoms with Gasteiger partial charge in [-0.2, -0.15) is 0 Å². The lowest BCUT2D eigenvalue weighted by Gasteiger charge is -2.36. The summed E-state index contributed by atoms with van der Waals surface area (Å²) >= 11 is 0. The van der Waals surface area contributed by atoms with Crippen molar-refractivity contribution in [1.29, 1.82) is 0 Å². The molecule has 0 amide bonds. The summed E-state index contributed by atoms with van der Waals surface area (Å²) in [6.07, 6.45) is 2.78. The molecule has 1 aliphatic heterocycles. The van der Waals surface area contributed by atoms with Crippen LogP contribution in [0.15, 0.2) is 30.3 Å². The van der Waals surface area contributed by atoms with Gasteiger partial charge in [0.25, 0.3) is 0 Å². The molecule has 1 saturated heterocycles. The molecule has 0 bridgehead atoms. The lowest BCUT2D eigenvalue weighted by atomic mass is 9.94. The third-order valence-corrected chi connectivity index (χ3v) is 4.17. The topological polar surface area (TPSA) is 59.2 Å². The Kier molecular flexibility index (Phi) is 3.36. The van der Waals surface area contributed by atoms with Gasteiger partial charge in [-0.3, -0.25) is 0 Å². The second kappa shape index (κ2) is 5.53. The average molecular weight is 316 g/mol. The van der Waals surface area contributed by atoms with E-state index in [4.69, 9.17) is 0 Å². The van der Waals surface area contributed by atoms with E-state index in [-0.39, 0.29) is 6.04 Å².